The van der Waals surface area contributed by atoms with Gasteiger partial charge in [-0.1, -0.05) is 18.5 Å². The molecule has 0 aliphatic rings. The second-order valence-corrected chi connectivity index (χ2v) is 4.87. The van der Waals surface area contributed by atoms with E-state index in [-0.39, 0.29) is 12.2 Å². The molecule has 0 spiro atoms. The summed E-state index contributed by atoms with van der Waals surface area (Å²) < 4.78 is 1.78. The molecule has 2 aromatic rings. The van der Waals surface area contributed by atoms with Crippen molar-refractivity contribution in [2.75, 3.05) is 0 Å². The van der Waals surface area contributed by atoms with Crippen LogP contribution in [0.15, 0.2) is 24.5 Å². The Morgan fingerprint density at radius 3 is 2.89 bits per heavy atom. The Morgan fingerprint density at radius 2 is 2.21 bits per heavy atom. The first-order valence-corrected chi connectivity index (χ1v) is 6.65. The van der Waals surface area contributed by atoms with Gasteiger partial charge in [-0.05, 0) is 37.1 Å². The third-order valence-electron chi connectivity index (χ3n) is 2.93. The molecule has 0 N–H and O–H groups in total. The Bertz CT molecular complexity index is 592. The number of carbonyl (C=O) groups excluding carboxylic acids is 1. The Hall–Kier alpha value is -1.68. The van der Waals surface area contributed by atoms with Crippen LogP contribution in [-0.2, 0) is 13.0 Å². The molecule has 0 aliphatic carbocycles. The molecule has 2 rings (SSSR count). The largest absolute Gasteiger partial charge is 0.294 e. The van der Waals surface area contributed by atoms with Gasteiger partial charge in [-0.2, -0.15) is 5.10 Å². The number of hydrogen-bond donors (Lipinski definition) is 0. The minimum atomic E-state index is 0.0325. The molecule has 0 bridgehead atoms. The topological polar surface area (TPSA) is 47.8 Å². The maximum absolute atomic E-state index is 12.2. The van der Waals surface area contributed by atoms with E-state index >= 15 is 0 Å². The van der Waals surface area contributed by atoms with Crippen LogP contribution in [0.2, 0.25) is 5.02 Å². The maximum Gasteiger partial charge on any atom is 0.170 e. The smallest absolute Gasteiger partial charge is 0.170 e. The molecule has 0 saturated carbocycles. The lowest BCUT2D eigenvalue weighted by atomic mass is 10.1. The van der Waals surface area contributed by atoms with Gasteiger partial charge in [-0.15, -0.1) is 0 Å². The first kappa shape index (κ1) is 13.7. The molecule has 4 nitrogen and oxygen atoms in total. The second-order valence-electron chi connectivity index (χ2n) is 4.46. The van der Waals surface area contributed by atoms with Gasteiger partial charge in [0, 0.05) is 17.1 Å². The number of benzene rings is 1. The zero-order valence-electron chi connectivity index (χ0n) is 11.1. The van der Waals surface area contributed by atoms with Crippen LogP contribution in [0.5, 0.6) is 0 Å². The number of halogens is 1. The fraction of sp³-hybridized carbons (Fsp3) is 0.357. The minimum Gasteiger partial charge on any atom is -0.294 e. The molecule has 0 amide bonds. The molecule has 0 saturated heterocycles. The molecule has 5 heteroatoms. The van der Waals surface area contributed by atoms with Crippen LogP contribution in [0.1, 0.15) is 35.1 Å². The predicted molar refractivity (Wildman–Crippen MR) is 74.5 cm³/mol. The lowest BCUT2D eigenvalue weighted by Gasteiger charge is -2.05. The quantitative estimate of drug-likeness (QED) is 0.789. The lowest BCUT2D eigenvalue weighted by Crippen LogP contribution is -2.11. The number of nitrogens with zero attached hydrogens (tertiary/aromatic N) is 3. The summed E-state index contributed by atoms with van der Waals surface area (Å²) in [5.74, 6) is 0.740. The van der Waals surface area contributed by atoms with E-state index in [0.717, 1.165) is 18.5 Å². The predicted octanol–water partition coefficient (Wildman–Crippen LogP) is 3.08. The van der Waals surface area contributed by atoms with Gasteiger partial charge in [0.1, 0.15) is 12.2 Å². The molecule has 100 valence electrons. The first-order chi connectivity index (χ1) is 9.11. The highest BCUT2D eigenvalue weighted by atomic mass is 35.5. The summed E-state index contributed by atoms with van der Waals surface area (Å²) in [6, 6.07) is 5.31. The van der Waals surface area contributed by atoms with Crippen molar-refractivity contribution in [1.29, 1.82) is 0 Å². The molecule has 0 radical (unpaired) electrons. The molecule has 1 aromatic heterocycles. The van der Waals surface area contributed by atoms with E-state index in [1.165, 1.54) is 6.33 Å². The molecular weight excluding hydrogens is 262 g/mol. The van der Waals surface area contributed by atoms with Crippen LogP contribution in [0, 0.1) is 6.92 Å². The number of ketones is 1. The van der Waals surface area contributed by atoms with Crippen LogP contribution in [-0.4, -0.2) is 20.5 Å². The van der Waals surface area contributed by atoms with Gasteiger partial charge in [0.15, 0.2) is 5.78 Å². The van der Waals surface area contributed by atoms with Crippen LogP contribution in [0.25, 0.3) is 0 Å². The van der Waals surface area contributed by atoms with E-state index < -0.39 is 0 Å². The normalized spacial score (nSPS) is 10.7. The third kappa shape index (κ3) is 3.20. The minimum absolute atomic E-state index is 0.0325. The van der Waals surface area contributed by atoms with Crippen molar-refractivity contribution in [2.45, 2.75) is 33.2 Å². The summed E-state index contributed by atoms with van der Waals surface area (Å²) in [6.07, 6.45) is 2.72. The summed E-state index contributed by atoms with van der Waals surface area (Å²) in [4.78, 5) is 16.4. The SMILES string of the molecule is CCCn1ncnc1CC(=O)c1ccc(Cl)c(C)c1. The molecule has 1 aromatic carbocycles. The van der Waals surface area contributed by atoms with Crippen LogP contribution in [0.3, 0.4) is 0 Å². The fourth-order valence-electron chi connectivity index (χ4n) is 1.89. The number of aromatic nitrogens is 3. The molecule has 0 atom stereocenters. The number of aryl methyl sites for hydroxylation is 2. The maximum atomic E-state index is 12.2. The zero-order valence-corrected chi connectivity index (χ0v) is 11.8. The van der Waals surface area contributed by atoms with Gasteiger partial charge in [0.2, 0.25) is 0 Å². The molecule has 1 heterocycles. The van der Waals surface area contributed by atoms with Crippen molar-refractivity contribution in [1.82, 2.24) is 14.8 Å². The van der Waals surface area contributed by atoms with Crippen molar-refractivity contribution in [3.05, 3.63) is 46.5 Å². The Kier molecular flexibility index (Phi) is 4.32. The third-order valence-corrected chi connectivity index (χ3v) is 3.35. The number of rotatable bonds is 5. The number of carbonyl (C=O) groups is 1. The van der Waals surface area contributed by atoms with E-state index in [1.54, 1.807) is 16.8 Å². The van der Waals surface area contributed by atoms with Crippen molar-refractivity contribution in [3.8, 4) is 0 Å². The van der Waals surface area contributed by atoms with Crippen LogP contribution in [0.4, 0.5) is 0 Å². The number of Topliss-reactive ketones (excluding diaryl/α,β-unsaturated/α-hetero) is 1. The second kappa shape index (κ2) is 5.97. The molecular formula is C14H16ClN3O. The standard InChI is InChI=1S/C14H16ClN3O/c1-3-6-18-14(16-9-17-18)8-13(19)11-4-5-12(15)10(2)7-11/h4-5,7,9H,3,6,8H2,1-2H3. The van der Waals surface area contributed by atoms with Gasteiger partial charge in [0.25, 0.3) is 0 Å². The summed E-state index contributed by atoms with van der Waals surface area (Å²) >= 11 is 5.96. The highest BCUT2D eigenvalue weighted by Gasteiger charge is 2.12. The average molecular weight is 278 g/mol. The zero-order chi connectivity index (χ0) is 13.8. The fourth-order valence-corrected chi connectivity index (χ4v) is 2.00. The summed E-state index contributed by atoms with van der Waals surface area (Å²) in [5, 5.41) is 4.79. The van der Waals surface area contributed by atoms with Gasteiger partial charge in [-0.3, -0.25) is 4.79 Å². The van der Waals surface area contributed by atoms with E-state index in [9.17, 15) is 4.79 Å². The van der Waals surface area contributed by atoms with Crippen molar-refractivity contribution in [2.24, 2.45) is 0 Å². The van der Waals surface area contributed by atoms with Crippen LogP contribution >= 0.6 is 11.6 Å². The lowest BCUT2D eigenvalue weighted by molar-refractivity contribution is 0.0989. The highest BCUT2D eigenvalue weighted by Crippen LogP contribution is 2.17. The summed E-state index contributed by atoms with van der Waals surface area (Å²) in [6.45, 7) is 4.73. The van der Waals surface area contributed by atoms with E-state index in [4.69, 9.17) is 11.6 Å². The van der Waals surface area contributed by atoms with E-state index in [1.807, 2.05) is 13.0 Å². The van der Waals surface area contributed by atoms with Crippen molar-refractivity contribution >= 4 is 17.4 Å². The Labute approximate surface area is 117 Å². The molecule has 0 unspecified atom stereocenters. The summed E-state index contributed by atoms with van der Waals surface area (Å²) in [7, 11) is 0. The molecule has 0 aliphatic heterocycles. The monoisotopic (exact) mass is 277 g/mol. The Morgan fingerprint density at radius 1 is 1.42 bits per heavy atom. The highest BCUT2D eigenvalue weighted by molar-refractivity contribution is 6.31. The first-order valence-electron chi connectivity index (χ1n) is 6.28. The number of hydrogen-bond acceptors (Lipinski definition) is 3. The van der Waals surface area contributed by atoms with Gasteiger partial charge in [-0.25, -0.2) is 9.67 Å². The molecule has 0 fully saturated rings. The van der Waals surface area contributed by atoms with Gasteiger partial charge >= 0.3 is 0 Å². The average Bonchev–Trinajstić information content (AvgIpc) is 2.80. The summed E-state index contributed by atoms with van der Waals surface area (Å²) in [5.41, 5.74) is 1.57. The van der Waals surface area contributed by atoms with E-state index in [0.29, 0.717) is 16.4 Å². The van der Waals surface area contributed by atoms with Gasteiger partial charge < -0.3 is 0 Å². The Balaban J connectivity index is 2.16. The molecule has 19 heavy (non-hydrogen) atoms. The van der Waals surface area contributed by atoms with Crippen LogP contribution < -0.4 is 0 Å². The van der Waals surface area contributed by atoms with Crippen molar-refractivity contribution < 1.29 is 4.79 Å². The van der Waals surface area contributed by atoms with E-state index in [2.05, 4.69) is 17.0 Å². The van der Waals surface area contributed by atoms with Crippen molar-refractivity contribution in [3.63, 3.8) is 0 Å². The van der Waals surface area contributed by atoms with Gasteiger partial charge in [0.05, 0.1) is 6.42 Å².